The van der Waals surface area contributed by atoms with E-state index in [0.717, 1.165) is 29.1 Å². The molecule has 1 unspecified atom stereocenters. The number of hydrogen-bond acceptors (Lipinski definition) is 3. The van der Waals surface area contributed by atoms with E-state index >= 15 is 0 Å². The van der Waals surface area contributed by atoms with E-state index < -0.39 is 0 Å². The molecule has 3 nitrogen and oxygen atoms in total. The van der Waals surface area contributed by atoms with Gasteiger partial charge in [0, 0.05) is 30.8 Å². The summed E-state index contributed by atoms with van der Waals surface area (Å²) in [6.45, 7) is 1.00. The second-order valence-corrected chi connectivity index (χ2v) is 6.11. The highest BCUT2D eigenvalue weighted by Crippen LogP contribution is 2.25. The largest absolute Gasteiger partial charge is 0.341 e. The van der Waals surface area contributed by atoms with Gasteiger partial charge in [-0.05, 0) is 29.9 Å². The smallest absolute Gasteiger partial charge is 0.226 e. The lowest BCUT2D eigenvalue weighted by molar-refractivity contribution is -0.133. The molecule has 0 radical (unpaired) electrons. The number of amides is 1. The van der Waals surface area contributed by atoms with Gasteiger partial charge in [0.2, 0.25) is 5.91 Å². The van der Waals surface area contributed by atoms with Crippen molar-refractivity contribution in [3.63, 3.8) is 0 Å². The molecule has 1 atom stereocenters. The predicted molar refractivity (Wildman–Crippen MR) is 84.3 cm³/mol. The highest BCUT2D eigenvalue weighted by molar-refractivity contribution is 7.99. The van der Waals surface area contributed by atoms with E-state index in [9.17, 15) is 4.79 Å². The minimum Gasteiger partial charge on any atom is -0.341 e. The maximum atomic E-state index is 12.3. The van der Waals surface area contributed by atoms with Gasteiger partial charge in [0.05, 0.1) is 6.54 Å². The third-order valence-electron chi connectivity index (χ3n) is 3.34. The van der Waals surface area contributed by atoms with Crippen LogP contribution in [0.1, 0.15) is 17.5 Å². The zero-order valence-corrected chi connectivity index (χ0v) is 12.6. The number of carbonyl (C=O) groups is 1. The molecule has 4 heteroatoms. The Kier molecular flexibility index (Phi) is 5.51. The molecule has 2 rings (SSSR count). The molecule has 1 aliphatic heterocycles. The summed E-state index contributed by atoms with van der Waals surface area (Å²) >= 11 is 1.87. The number of rotatable bonds is 3. The van der Waals surface area contributed by atoms with Crippen LogP contribution < -0.4 is 5.73 Å². The fourth-order valence-corrected chi connectivity index (χ4v) is 3.50. The third kappa shape index (κ3) is 4.03. The molecular formula is C16H20N2OS. The lowest BCUT2D eigenvalue weighted by Crippen LogP contribution is -2.32. The summed E-state index contributed by atoms with van der Waals surface area (Å²) in [4.78, 5) is 14.1. The molecule has 2 N–H and O–H groups in total. The molecule has 0 saturated carbocycles. The topological polar surface area (TPSA) is 46.3 Å². The summed E-state index contributed by atoms with van der Waals surface area (Å²) in [7, 11) is 1.88. The second kappa shape index (κ2) is 7.37. The van der Waals surface area contributed by atoms with E-state index in [1.165, 1.54) is 0 Å². The van der Waals surface area contributed by atoms with Crippen molar-refractivity contribution in [3.8, 4) is 11.8 Å². The summed E-state index contributed by atoms with van der Waals surface area (Å²) < 4.78 is 0. The molecule has 1 heterocycles. The van der Waals surface area contributed by atoms with Crippen molar-refractivity contribution in [1.29, 1.82) is 0 Å². The highest BCUT2D eigenvalue weighted by atomic mass is 32.2. The Balaban J connectivity index is 1.99. The number of nitrogens with zero attached hydrogens (tertiary/aromatic N) is 1. The number of carbonyl (C=O) groups excluding carboxylic acids is 1. The average Bonchev–Trinajstić information content (AvgIpc) is 2.98. The number of benzene rings is 1. The van der Waals surface area contributed by atoms with Gasteiger partial charge < -0.3 is 10.6 Å². The number of thioether (sulfide) groups is 1. The van der Waals surface area contributed by atoms with Gasteiger partial charge in [0.1, 0.15) is 0 Å². The number of nitrogens with two attached hydrogens (primary N) is 1. The van der Waals surface area contributed by atoms with Crippen LogP contribution in [0.25, 0.3) is 0 Å². The quantitative estimate of drug-likeness (QED) is 0.861. The molecule has 1 saturated heterocycles. The van der Waals surface area contributed by atoms with Crippen molar-refractivity contribution in [3.05, 3.63) is 35.4 Å². The molecule has 1 aliphatic rings. The zero-order valence-electron chi connectivity index (χ0n) is 11.8. The molecule has 106 valence electrons. The van der Waals surface area contributed by atoms with Gasteiger partial charge in [-0.25, -0.2) is 0 Å². The first-order valence-corrected chi connectivity index (χ1v) is 7.97. The molecule has 0 aromatic heterocycles. The van der Waals surface area contributed by atoms with Crippen molar-refractivity contribution in [2.24, 2.45) is 11.7 Å². The van der Waals surface area contributed by atoms with Gasteiger partial charge in [0.25, 0.3) is 0 Å². The van der Waals surface area contributed by atoms with E-state index in [2.05, 4.69) is 11.8 Å². The summed E-state index contributed by atoms with van der Waals surface area (Å²) in [5.41, 5.74) is 7.43. The second-order valence-electron chi connectivity index (χ2n) is 4.96. The average molecular weight is 288 g/mol. The maximum Gasteiger partial charge on any atom is 0.226 e. The SMILES string of the molecule is CN(Cc1cccc(C#CCN)c1)C(=O)C1CCSC1. The highest BCUT2D eigenvalue weighted by Gasteiger charge is 2.25. The molecular weight excluding hydrogens is 268 g/mol. The van der Waals surface area contributed by atoms with Gasteiger partial charge in [0.15, 0.2) is 0 Å². The van der Waals surface area contributed by atoms with Gasteiger partial charge in [-0.15, -0.1) is 0 Å². The van der Waals surface area contributed by atoms with E-state index in [-0.39, 0.29) is 11.8 Å². The number of hydrogen-bond donors (Lipinski definition) is 1. The minimum absolute atomic E-state index is 0.199. The molecule has 1 aromatic rings. The van der Waals surface area contributed by atoms with Crippen LogP contribution in [0.3, 0.4) is 0 Å². The normalized spacial score (nSPS) is 17.4. The fraction of sp³-hybridized carbons (Fsp3) is 0.438. The Labute approximate surface area is 124 Å². The van der Waals surface area contributed by atoms with Crippen molar-refractivity contribution in [1.82, 2.24) is 4.90 Å². The van der Waals surface area contributed by atoms with Crippen molar-refractivity contribution >= 4 is 17.7 Å². The summed E-state index contributed by atoms with van der Waals surface area (Å²) in [5.74, 6) is 8.39. The minimum atomic E-state index is 0.199. The van der Waals surface area contributed by atoms with Crippen molar-refractivity contribution in [2.45, 2.75) is 13.0 Å². The third-order valence-corrected chi connectivity index (χ3v) is 4.50. The summed E-state index contributed by atoms with van der Waals surface area (Å²) in [6.07, 6.45) is 1.01. The van der Waals surface area contributed by atoms with E-state index in [1.807, 2.05) is 48.0 Å². The Morgan fingerprint density at radius 2 is 2.40 bits per heavy atom. The molecule has 1 aromatic carbocycles. The zero-order chi connectivity index (χ0) is 14.4. The molecule has 0 bridgehead atoms. The summed E-state index contributed by atoms with van der Waals surface area (Å²) in [6, 6.07) is 7.98. The Morgan fingerprint density at radius 1 is 1.55 bits per heavy atom. The van der Waals surface area contributed by atoms with Crippen LogP contribution in [0, 0.1) is 17.8 Å². The van der Waals surface area contributed by atoms with Crippen LogP contribution in [0.4, 0.5) is 0 Å². The van der Waals surface area contributed by atoms with Gasteiger partial charge in [-0.3, -0.25) is 4.79 Å². The fourth-order valence-electron chi connectivity index (χ4n) is 2.29. The summed E-state index contributed by atoms with van der Waals surface area (Å²) in [5, 5.41) is 0. The van der Waals surface area contributed by atoms with Crippen molar-refractivity contribution < 1.29 is 4.79 Å². The standard InChI is InChI=1S/C16H20N2OS/c1-18(16(19)15-7-9-20-12-15)11-14-5-2-4-13(10-14)6-3-8-17/h2,4-5,10,15H,7-9,11-12,17H2,1H3. The Bertz CT molecular complexity index is 527. The maximum absolute atomic E-state index is 12.3. The van der Waals surface area contributed by atoms with Crippen LogP contribution >= 0.6 is 11.8 Å². The molecule has 1 amide bonds. The Morgan fingerprint density at radius 3 is 3.10 bits per heavy atom. The van der Waals surface area contributed by atoms with E-state index in [1.54, 1.807) is 0 Å². The monoisotopic (exact) mass is 288 g/mol. The van der Waals surface area contributed by atoms with Gasteiger partial charge in [-0.1, -0.05) is 24.0 Å². The first-order valence-electron chi connectivity index (χ1n) is 6.81. The van der Waals surface area contributed by atoms with Gasteiger partial charge in [-0.2, -0.15) is 11.8 Å². The lowest BCUT2D eigenvalue weighted by atomic mass is 10.1. The molecule has 1 fully saturated rings. The van der Waals surface area contributed by atoms with Crippen LogP contribution in [0.15, 0.2) is 24.3 Å². The lowest BCUT2D eigenvalue weighted by Gasteiger charge is -2.20. The van der Waals surface area contributed by atoms with Crippen molar-refractivity contribution in [2.75, 3.05) is 25.1 Å². The first kappa shape index (κ1) is 15.0. The van der Waals surface area contributed by atoms with Crippen LogP contribution in [-0.4, -0.2) is 35.9 Å². The van der Waals surface area contributed by atoms with E-state index in [4.69, 9.17) is 5.73 Å². The first-order chi connectivity index (χ1) is 9.70. The van der Waals surface area contributed by atoms with Gasteiger partial charge >= 0.3 is 0 Å². The Hall–Kier alpha value is -1.44. The van der Waals surface area contributed by atoms with Crippen LogP contribution in [0.2, 0.25) is 0 Å². The predicted octanol–water partition coefficient (Wildman–Crippen LogP) is 1.71. The van der Waals surface area contributed by atoms with E-state index in [0.29, 0.717) is 13.1 Å². The molecule has 20 heavy (non-hydrogen) atoms. The van der Waals surface area contributed by atoms with Crippen LogP contribution in [-0.2, 0) is 11.3 Å². The van der Waals surface area contributed by atoms with Crippen LogP contribution in [0.5, 0.6) is 0 Å². The molecule has 0 spiro atoms. The molecule has 0 aliphatic carbocycles.